The van der Waals surface area contributed by atoms with Gasteiger partial charge in [0.1, 0.15) is 23.2 Å². The lowest BCUT2D eigenvalue weighted by Gasteiger charge is -2.09. The molecule has 0 heterocycles. The van der Waals surface area contributed by atoms with Crippen LogP contribution in [0, 0.1) is 5.82 Å². The third-order valence-corrected chi connectivity index (χ3v) is 3.68. The molecule has 2 aromatic carbocycles. The van der Waals surface area contributed by atoms with Crippen LogP contribution < -0.4 is 10.5 Å². The Hall–Kier alpha value is -1.17. The summed E-state index contributed by atoms with van der Waals surface area (Å²) in [7, 11) is 0. The van der Waals surface area contributed by atoms with Crippen LogP contribution in [0.5, 0.6) is 5.75 Å². The number of thiocarbonyl (C=S) groups is 1. The molecule has 0 aliphatic rings. The molecule has 2 nitrogen and oxygen atoms in total. The number of ether oxygens (including phenoxy) is 1. The predicted octanol–water partition coefficient (Wildman–Crippen LogP) is 4.45. The molecular formula is C14H10BrClFNOS. The molecule has 0 bridgehead atoms. The first kappa shape index (κ1) is 15.2. The van der Waals surface area contributed by atoms with E-state index in [-0.39, 0.29) is 17.2 Å². The topological polar surface area (TPSA) is 35.2 Å². The maximum absolute atomic E-state index is 13.7. The minimum Gasteiger partial charge on any atom is -0.489 e. The van der Waals surface area contributed by atoms with E-state index in [4.69, 9.17) is 34.3 Å². The van der Waals surface area contributed by atoms with E-state index in [1.165, 1.54) is 12.1 Å². The molecule has 0 saturated carbocycles. The summed E-state index contributed by atoms with van der Waals surface area (Å²) in [5.74, 6) is -0.113. The molecule has 0 aliphatic carbocycles. The van der Waals surface area contributed by atoms with Crippen molar-refractivity contribution in [1.29, 1.82) is 0 Å². The summed E-state index contributed by atoms with van der Waals surface area (Å²) in [5, 5.41) is 0.583. The largest absolute Gasteiger partial charge is 0.489 e. The molecule has 0 radical (unpaired) electrons. The lowest BCUT2D eigenvalue weighted by atomic mass is 10.2. The monoisotopic (exact) mass is 373 g/mol. The van der Waals surface area contributed by atoms with Crippen molar-refractivity contribution in [2.24, 2.45) is 5.73 Å². The van der Waals surface area contributed by atoms with Crippen LogP contribution in [-0.2, 0) is 6.61 Å². The van der Waals surface area contributed by atoms with Gasteiger partial charge in [0.2, 0.25) is 0 Å². The molecule has 0 unspecified atom stereocenters. The smallest absolute Gasteiger partial charge is 0.137 e. The maximum atomic E-state index is 13.7. The predicted molar refractivity (Wildman–Crippen MR) is 85.8 cm³/mol. The second-order valence-corrected chi connectivity index (χ2v) is 5.79. The summed E-state index contributed by atoms with van der Waals surface area (Å²) < 4.78 is 20.1. The van der Waals surface area contributed by atoms with Gasteiger partial charge >= 0.3 is 0 Å². The number of nitrogens with two attached hydrogens (primary N) is 1. The summed E-state index contributed by atoms with van der Waals surface area (Å²) in [6, 6.07) is 9.84. The Bertz CT molecular complexity index is 666. The van der Waals surface area contributed by atoms with Crippen molar-refractivity contribution >= 4 is 44.7 Å². The summed E-state index contributed by atoms with van der Waals surface area (Å²) in [6.45, 7) is 0.248. The van der Waals surface area contributed by atoms with Gasteiger partial charge in [0, 0.05) is 26.7 Å². The summed E-state index contributed by atoms with van der Waals surface area (Å²) in [4.78, 5) is 0.0185. The van der Waals surface area contributed by atoms with Crippen molar-refractivity contribution in [2.75, 3.05) is 0 Å². The Morgan fingerprint density at radius 2 is 2.05 bits per heavy atom. The molecule has 0 aromatic heterocycles. The molecule has 0 atom stereocenters. The van der Waals surface area contributed by atoms with E-state index >= 15 is 0 Å². The van der Waals surface area contributed by atoms with E-state index in [2.05, 4.69) is 15.9 Å². The maximum Gasteiger partial charge on any atom is 0.137 e. The van der Waals surface area contributed by atoms with E-state index in [0.717, 1.165) is 10.0 Å². The number of benzene rings is 2. The Labute approximate surface area is 134 Å². The van der Waals surface area contributed by atoms with Crippen LogP contribution in [0.15, 0.2) is 40.9 Å². The van der Waals surface area contributed by atoms with Gasteiger partial charge in [-0.25, -0.2) is 4.39 Å². The fourth-order valence-corrected chi connectivity index (χ4v) is 2.48. The molecule has 0 fully saturated rings. The molecule has 6 heteroatoms. The van der Waals surface area contributed by atoms with Crippen LogP contribution in [0.1, 0.15) is 11.1 Å². The van der Waals surface area contributed by atoms with Gasteiger partial charge in [0.05, 0.1) is 0 Å². The van der Waals surface area contributed by atoms with E-state index in [1.54, 1.807) is 12.1 Å². The molecule has 2 N–H and O–H groups in total. The van der Waals surface area contributed by atoms with Crippen LogP contribution in [0.25, 0.3) is 0 Å². The number of hydrogen-bond acceptors (Lipinski definition) is 2. The Morgan fingerprint density at radius 1 is 1.30 bits per heavy atom. The normalized spacial score (nSPS) is 10.3. The zero-order chi connectivity index (χ0) is 14.7. The van der Waals surface area contributed by atoms with Crippen molar-refractivity contribution in [2.45, 2.75) is 6.61 Å². The molecule has 0 aliphatic heterocycles. The fourth-order valence-electron chi connectivity index (χ4n) is 1.59. The summed E-state index contributed by atoms with van der Waals surface area (Å²) >= 11 is 14.1. The van der Waals surface area contributed by atoms with Gasteiger partial charge in [-0.3, -0.25) is 0 Å². The van der Waals surface area contributed by atoms with E-state index in [1.807, 2.05) is 12.1 Å². The number of halogens is 3. The van der Waals surface area contributed by atoms with Gasteiger partial charge in [0.15, 0.2) is 0 Å². The SMILES string of the molecule is NC(=S)c1ccc(OCc2ccc(Br)cc2Cl)cc1F. The molecule has 20 heavy (non-hydrogen) atoms. The van der Waals surface area contributed by atoms with Crippen LogP contribution in [0.2, 0.25) is 5.02 Å². The Balaban J connectivity index is 2.11. The first-order chi connectivity index (χ1) is 9.47. The third-order valence-electron chi connectivity index (χ3n) is 2.62. The lowest BCUT2D eigenvalue weighted by molar-refractivity contribution is 0.304. The van der Waals surface area contributed by atoms with Crippen molar-refractivity contribution in [3.05, 3.63) is 62.8 Å². The van der Waals surface area contributed by atoms with Gasteiger partial charge in [-0.2, -0.15) is 0 Å². The Kier molecular flexibility index (Phi) is 4.96. The van der Waals surface area contributed by atoms with Crippen LogP contribution >= 0.6 is 39.7 Å². The zero-order valence-electron chi connectivity index (χ0n) is 10.2. The average Bonchev–Trinajstić information content (AvgIpc) is 2.37. The van der Waals surface area contributed by atoms with E-state index in [9.17, 15) is 4.39 Å². The average molecular weight is 375 g/mol. The van der Waals surface area contributed by atoms with Crippen LogP contribution in [0.4, 0.5) is 4.39 Å². The minimum atomic E-state index is -0.503. The third kappa shape index (κ3) is 3.69. The van der Waals surface area contributed by atoms with Gasteiger partial charge in [-0.05, 0) is 24.3 Å². The van der Waals surface area contributed by atoms with E-state index in [0.29, 0.717) is 10.8 Å². The van der Waals surface area contributed by atoms with Gasteiger partial charge < -0.3 is 10.5 Å². The molecule has 0 amide bonds. The molecule has 0 spiro atoms. The van der Waals surface area contributed by atoms with Crippen molar-refractivity contribution in [1.82, 2.24) is 0 Å². The van der Waals surface area contributed by atoms with Gasteiger partial charge in [-0.15, -0.1) is 0 Å². The fraction of sp³-hybridized carbons (Fsp3) is 0.0714. The Morgan fingerprint density at radius 3 is 2.65 bits per heavy atom. The van der Waals surface area contributed by atoms with Gasteiger partial charge in [0.25, 0.3) is 0 Å². The summed E-state index contributed by atoms with van der Waals surface area (Å²) in [6.07, 6.45) is 0. The molecule has 2 aromatic rings. The van der Waals surface area contributed by atoms with Crippen molar-refractivity contribution < 1.29 is 9.13 Å². The van der Waals surface area contributed by atoms with Crippen LogP contribution in [-0.4, -0.2) is 4.99 Å². The highest BCUT2D eigenvalue weighted by atomic mass is 79.9. The molecular weight excluding hydrogens is 365 g/mol. The second kappa shape index (κ2) is 6.52. The molecule has 104 valence electrons. The van der Waals surface area contributed by atoms with Crippen molar-refractivity contribution in [3.8, 4) is 5.75 Å². The molecule has 2 rings (SSSR count). The van der Waals surface area contributed by atoms with Crippen molar-refractivity contribution in [3.63, 3.8) is 0 Å². The van der Waals surface area contributed by atoms with Crippen LogP contribution in [0.3, 0.4) is 0 Å². The minimum absolute atomic E-state index is 0.0185. The zero-order valence-corrected chi connectivity index (χ0v) is 13.4. The highest BCUT2D eigenvalue weighted by molar-refractivity contribution is 9.10. The van der Waals surface area contributed by atoms with E-state index < -0.39 is 5.82 Å². The second-order valence-electron chi connectivity index (χ2n) is 4.03. The number of rotatable bonds is 4. The highest BCUT2D eigenvalue weighted by Crippen LogP contribution is 2.23. The van der Waals surface area contributed by atoms with Gasteiger partial charge in [-0.1, -0.05) is 45.8 Å². The standard InChI is InChI=1S/C14H10BrClFNOS/c15-9-2-1-8(12(16)5-9)7-19-10-3-4-11(14(18)20)13(17)6-10/h1-6H,7H2,(H2,18,20). The lowest BCUT2D eigenvalue weighted by Crippen LogP contribution is -2.11. The first-order valence-corrected chi connectivity index (χ1v) is 7.21. The highest BCUT2D eigenvalue weighted by Gasteiger charge is 2.07. The molecule has 0 saturated heterocycles. The first-order valence-electron chi connectivity index (χ1n) is 5.63. The number of hydrogen-bond donors (Lipinski definition) is 1. The summed E-state index contributed by atoms with van der Waals surface area (Å²) in [5.41, 5.74) is 6.41. The quantitative estimate of drug-likeness (QED) is 0.803.